The molecule has 4 rings (SSSR count). The van der Waals surface area contributed by atoms with E-state index in [1.54, 1.807) is 35.1 Å². The fourth-order valence-electron chi connectivity index (χ4n) is 2.82. The Labute approximate surface area is 166 Å². The predicted octanol–water partition coefficient (Wildman–Crippen LogP) is 3.79. The molecule has 0 aliphatic rings. The molecule has 0 radical (unpaired) electrons. The highest BCUT2D eigenvalue weighted by atomic mass is 32.2. The third kappa shape index (κ3) is 3.52. The van der Waals surface area contributed by atoms with Crippen LogP contribution in [0.2, 0.25) is 0 Å². The van der Waals surface area contributed by atoms with E-state index in [2.05, 4.69) is 45.5 Å². The first-order valence-electron chi connectivity index (χ1n) is 8.68. The number of hydrogen-bond acceptors (Lipinski definition) is 6. The van der Waals surface area contributed by atoms with Crippen LogP contribution in [0.5, 0.6) is 0 Å². The summed E-state index contributed by atoms with van der Waals surface area (Å²) in [7, 11) is 1.93. The van der Waals surface area contributed by atoms with Crippen LogP contribution in [0.3, 0.4) is 0 Å². The van der Waals surface area contributed by atoms with Crippen molar-refractivity contribution in [2.24, 2.45) is 7.05 Å². The first-order chi connectivity index (χ1) is 13.7. The molecule has 0 saturated heterocycles. The van der Waals surface area contributed by atoms with Gasteiger partial charge in [-0.05, 0) is 30.7 Å². The highest BCUT2D eigenvalue weighted by molar-refractivity contribution is 7.99. The lowest BCUT2D eigenvalue weighted by Gasteiger charge is -2.12. The topological polar surface area (TPSA) is 85.2 Å². The molecule has 1 atom stereocenters. The van der Waals surface area contributed by atoms with Crippen molar-refractivity contribution in [3.8, 4) is 23.0 Å². The molecular weight excluding hydrogens is 370 g/mol. The minimum absolute atomic E-state index is 0.192. The fraction of sp³-hybridized carbons (Fsp3) is 0.150. The van der Waals surface area contributed by atoms with Crippen LogP contribution in [0.1, 0.15) is 23.3 Å². The molecule has 2 aromatic carbocycles. The van der Waals surface area contributed by atoms with Crippen molar-refractivity contribution < 1.29 is 0 Å². The standard InChI is InChI=1S/C20H17N7S/c1-14(28-20-24-22-13-26(20)2)15-7-5-8-17(10-15)27-23-12-19(25-27)18-9-4-3-6-16(18)11-21/h3-10,12-14H,1-2H3/t14-/m0/s1. The summed E-state index contributed by atoms with van der Waals surface area (Å²) in [5.74, 6) is 0. The second-order valence-corrected chi connectivity index (χ2v) is 7.56. The lowest BCUT2D eigenvalue weighted by Crippen LogP contribution is -2.01. The summed E-state index contributed by atoms with van der Waals surface area (Å²) in [6.07, 6.45) is 3.38. The Balaban J connectivity index is 1.61. The van der Waals surface area contributed by atoms with Gasteiger partial charge in [-0.1, -0.05) is 42.1 Å². The number of benzene rings is 2. The summed E-state index contributed by atoms with van der Waals surface area (Å²) in [5, 5.41) is 27.4. The number of nitriles is 1. The maximum Gasteiger partial charge on any atom is 0.191 e. The minimum atomic E-state index is 0.192. The summed E-state index contributed by atoms with van der Waals surface area (Å²) in [6, 6.07) is 17.7. The van der Waals surface area contributed by atoms with E-state index in [1.165, 1.54) is 0 Å². The summed E-state index contributed by atoms with van der Waals surface area (Å²) in [4.78, 5) is 1.59. The van der Waals surface area contributed by atoms with Crippen molar-refractivity contribution in [2.45, 2.75) is 17.3 Å². The third-order valence-corrected chi connectivity index (χ3v) is 5.54. The van der Waals surface area contributed by atoms with E-state index < -0.39 is 0 Å². The molecule has 138 valence electrons. The van der Waals surface area contributed by atoms with Crippen molar-refractivity contribution in [2.75, 3.05) is 0 Å². The number of nitrogens with zero attached hydrogens (tertiary/aromatic N) is 7. The van der Waals surface area contributed by atoms with Gasteiger partial charge in [-0.2, -0.15) is 15.2 Å². The quantitative estimate of drug-likeness (QED) is 0.484. The molecule has 7 nitrogen and oxygen atoms in total. The summed E-state index contributed by atoms with van der Waals surface area (Å²) < 4.78 is 1.90. The van der Waals surface area contributed by atoms with Gasteiger partial charge in [0.2, 0.25) is 0 Å². The molecule has 2 aromatic heterocycles. The van der Waals surface area contributed by atoms with Gasteiger partial charge in [0, 0.05) is 17.9 Å². The molecule has 0 N–H and O–H groups in total. The monoisotopic (exact) mass is 387 g/mol. The lowest BCUT2D eigenvalue weighted by atomic mass is 10.1. The Morgan fingerprint density at radius 3 is 2.79 bits per heavy atom. The van der Waals surface area contributed by atoms with E-state index in [-0.39, 0.29) is 5.25 Å². The third-order valence-electron chi connectivity index (χ3n) is 4.34. The van der Waals surface area contributed by atoms with Crippen LogP contribution in [0, 0.1) is 11.3 Å². The molecule has 0 fully saturated rings. The number of aromatic nitrogens is 6. The van der Waals surface area contributed by atoms with Gasteiger partial charge in [0.1, 0.15) is 12.0 Å². The van der Waals surface area contributed by atoms with Crippen molar-refractivity contribution >= 4 is 11.8 Å². The zero-order valence-electron chi connectivity index (χ0n) is 15.4. The first-order valence-corrected chi connectivity index (χ1v) is 9.56. The zero-order valence-corrected chi connectivity index (χ0v) is 16.2. The normalized spacial score (nSPS) is 11.9. The number of thioether (sulfide) groups is 1. The molecule has 0 bridgehead atoms. The van der Waals surface area contributed by atoms with E-state index in [0.717, 1.165) is 22.0 Å². The Morgan fingerprint density at radius 2 is 2.00 bits per heavy atom. The van der Waals surface area contributed by atoms with Crippen LogP contribution in [0.25, 0.3) is 16.9 Å². The Kier molecular flexibility index (Phi) is 4.91. The van der Waals surface area contributed by atoms with E-state index in [9.17, 15) is 5.26 Å². The van der Waals surface area contributed by atoms with Crippen LogP contribution >= 0.6 is 11.8 Å². The summed E-state index contributed by atoms with van der Waals surface area (Å²) in [6.45, 7) is 2.13. The summed E-state index contributed by atoms with van der Waals surface area (Å²) >= 11 is 1.64. The van der Waals surface area contributed by atoms with Crippen LogP contribution in [-0.2, 0) is 7.05 Å². The van der Waals surface area contributed by atoms with Gasteiger partial charge < -0.3 is 4.57 Å². The van der Waals surface area contributed by atoms with Gasteiger partial charge in [-0.15, -0.1) is 15.3 Å². The van der Waals surface area contributed by atoms with Crippen LogP contribution < -0.4 is 0 Å². The van der Waals surface area contributed by atoms with Crippen molar-refractivity contribution in [1.29, 1.82) is 5.26 Å². The molecule has 4 aromatic rings. The van der Waals surface area contributed by atoms with E-state index in [0.29, 0.717) is 11.3 Å². The molecule has 8 heteroatoms. The Bertz CT molecular complexity index is 1160. The van der Waals surface area contributed by atoms with Gasteiger partial charge in [0.25, 0.3) is 0 Å². The number of hydrogen-bond donors (Lipinski definition) is 0. The largest absolute Gasteiger partial charge is 0.312 e. The van der Waals surface area contributed by atoms with Gasteiger partial charge in [0.15, 0.2) is 5.16 Å². The first kappa shape index (κ1) is 17.9. The maximum atomic E-state index is 9.31. The number of rotatable bonds is 5. The van der Waals surface area contributed by atoms with E-state index >= 15 is 0 Å². The average molecular weight is 387 g/mol. The minimum Gasteiger partial charge on any atom is -0.312 e. The second-order valence-electron chi connectivity index (χ2n) is 6.26. The molecule has 0 aliphatic heterocycles. The van der Waals surface area contributed by atoms with Gasteiger partial charge >= 0.3 is 0 Å². The van der Waals surface area contributed by atoms with E-state index in [1.807, 2.05) is 41.9 Å². The Morgan fingerprint density at radius 1 is 1.14 bits per heavy atom. The van der Waals surface area contributed by atoms with Crippen LogP contribution in [-0.4, -0.2) is 29.8 Å². The SMILES string of the molecule is C[C@H](Sc1nncn1C)c1cccc(-n2ncc(-c3ccccc3C#N)n2)c1. The highest BCUT2D eigenvalue weighted by Crippen LogP contribution is 2.33. The smallest absolute Gasteiger partial charge is 0.191 e. The van der Waals surface area contributed by atoms with Gasteiger partial charge in [-0.25, -0.2) is 0 Å². The highest BCUT2D eigenvalue weighted by Gasteiger charge is 2.14. The molecule has 0 spiro atoms. The molecule has 0 amide bonds. The average Bonchev–Trinajstić information content (AvgIpc) is 3.38. The maximum absolute atomic E-state index is 9.31. The van der Waals surface area contributed by atoms with E-state index in [4.69, 9.17) is 0 Å². The van der Waals surface area contributed by atoms with Crippen LogP contribution in [0.4, 0.5) is 0 Å². The molecular formula is C20H17N7S. The van der Waals surface area contributed by atoms with Gasteiger partial charge in [0.05, 0.1) is 23.5 Å². The van der Waals surface area contributed by atoms with Crippen molar-refractivity contribution in [3.63, 3.8) is 0 Å². The Hall–Kier alpha value is -3.44. The molecule has 2 heterocycles. The predicted molar refractivity (Wildman–Crippen MR) is 107 cm³/mol. The molecule has 0 saturated carbocycles. The lowest BCUT2D eigenvalue weighted by molar-refractivity contribution is 0.751. The number of aryl methyl sites for hydroxylation is 1. The van der Waals surface area contributed by atoms with Crippen LogP contribution in [0.15, 0.2) is 66.2 Å². The summed E-state index contributed by atoms with van der Waals surface area (Å²) in [5.41, 5.74) is 4.03. The fourth-order valence-corrected chi connectivity index (χ4v) is 3.73. The molecule has 0 unspecified atom stereocenters. The van der Waals surface area contributed by atoms with Gasteiger partial charge in [-0.3, -0.25) is 0 Å². The van der Waals surface area contributed by atoms with Crippen molar-refractivity contribution in [3.05, 3.63) is 72.2 Å². The molecule has 0 aliphatic carbocycles. The second kappa shape index (κ2) is 7.66. The molecule has 28 heavy (non-hydrogen) atoms. The van der Waals surface area contributed by atoms with Crippen molar-refractivity contribution in [1.82, 2.24) is 29.8 Å². The zero-order chi connectivity index (χ0) is 19.5.